The van der Waals surface area contributed by atoms with E-state index in [-0.39, 0.29) is 24.0 Å². The number of piperidine rings is 2. The Kier molecular flexibility index (Phi) is 5.24. The maximum absolute atomic E-state index is 12.8. The molecule has 1 aromatic rings. The lowest BCUT2D eigenvalue weighted by Gasteiger charge is -2.53. The van der Waals surface area contributed by atoms with E-state index in [1.54, 1.807) is 11.3 Å². The number of hydrogen-bond acceptors (Lipinski definition) is 6. The number of aliphatic hydroxyl groups is 1. The summed E-state index contributed by atoms with van der Waals surface area (Å²) in [7, 11) is 6.11. The molecule has 24 heavy (non-hydrogen) atoms. The number of thiazole rings is 1. The molecule has 3 heterocycles. The lowest BCUT2D eigenvalue weighted by molar-refractivity contribution is -0.0602. The zero-order chi connectivity index (χ0) is 17.3. The van der Waals surface area contributed by atoms with Crippen LogP contribution in [0.5, 0.6) is 0 Å². The average molecular weight is 353 g/mol. The van der Waals surface area contributed by atoms with E-state index in [2.05, 4.69) is 21.8 Å². The van der Waals surface area contributed by atoms with E-state index < -0.39 is 0 Å². The molecule has 0 aliphatic carbocycles. The molecule has 2 saturated heterocycles. The highest BCUT2D eigenvalue weighted by atomic mass is 32.1. The molecule has 0 saturated carbocycles. The Labute approximate surface area is 148 Å². The lowest BCUT2D eigenvalue weighted by atomic mass is 9.69. The van der Waals surface area contributed by atoms with E-state index in [9.17, 15) is 9.90 Å². The number of aliphatic hydroxyl groups excluding tert-OH is 1. The van der Waals surface area contributed by atoms with Crippen molar-refractivity contribution in [3.63, 3.8) is 0 Å². The first-order chi connectivity index (χ1) is 11.4. The first-order valence-electron chi connectivity index (χ1n) is 8.65. The normalized spacial score (nSPS) is 28.2. The van der Waals surface area contributed by atoms with Gasteiger partial charge in [-0.2, -0.15) is 0 Å². The van der Waals surface area contributed by atoms with Gasteiger partial charge in [0.05, 0.1) is 6.61 Å². The van der Waals surface area contributed by atoms with Gasteiger partial charge in [-0.05, 0) is 47.0 Å². The molecule has 2 aliphatic heterocycles. The maximum Gasteiger partial charge on any atom is 0.273 e. The monoisotopic (exact) mass is 352 g/mol. The fourth-order valence-electron chi connectivity index (χ4n) is 4.11. The predicted molar refractivity (Wildman–Crippen MR) is 95.2 cm³/mol. The van der Waals surface area contributed by atoms with Gasteiger partial charge in [0.25, 0.3) is 5.91 Å². The van der Waals surface area contributed by atoms with Gasteiger partial charge in [0.2, 0.25) is 0 Å². The van der Waals surface area contributed by atoms with Crippen LogP contribution in [-0.2, 0) is 6.54 Å². The summed E-state index contributed by atoms with van der Waals surface area (Å²) in [6.07, 6.45) is 3.06. The van der Waals surface area contributed by atoms with Crippen molar-refractivity contribution < 1.29 is 9.90 Å². The Balaban J connectivity index is 1.72. The van der Waals surface area contributed by atoms with E-state index in [0.717, 1.165) is 37.4 Å². The second kappa shape index (κ2) is 7.07. The van der Waals surface area contributed by atoms with Crippen LogP contribution in [0, 0.1) is 5.41 Å². The molecule has 3 rings (SSSR count). The Morgan fingerprint density at radius 2 is 2.25 bits per heavy atom. The van der Waals surface area contributed by atoms with Gasteiger partial charge in [-0.15, -0.1) is 11.3 Å². The summed E-state index contributed by atoms with van der Waals surface area (Å²) in [6, 6.07) is 0.244. The van der Waals surface area contributed by atoms with Crippen molar-refractivity contribution in [1.29, 1.82) is 0 Å². The van der Waals surface area contributed by atoms with Crippen molar-refractivity contribution in [3.05, 3.63) is 16.1 Å². The summed E-state index contributed by atoms with van der Waals surface area (Å²) in [5.74, 6) is 0.0294. The molecule has 0 unspecified atom stereocenters. The number of aromatic nitrogens is 1. The number of carbonyl (C=O) groups is 1. The molecule has 1 N–H and O–H groups in total. The Morgan fingerprint density at radius 1 is 1.46 bits per heavy atom. The van der Waals surface area contributed by atoms with Crippen LogP contribution in [-0.4, -0.2) is 84.1 Å². The number of likely N-dealkylation sites (tertiary alicyclic amines) is 2. The van der Waals surface area contributed by atoms with Gasteiger partial charge < -0.3 is 19.8 Å². The first kappa shape index (κ1) is 17.8. The minimum atomic E-state index is -0.0397. The topological polar surface area (TPSA) is 59.9 Å². The van der Waals surface area contributed by atoms with Crippen molar-refractivity contribution >= 4 is 17.2 Å². The lowest BCUT2D eigenvalue weighted by Crippen LogP contribution is -2.62. The van der Waals surface area contributed by atoms with E-state index in [4.69, 9.17) is 0 Å². The van der Waals surface area contributed by atoms with Gasteiger partial charge in [-0.1, -0.05) is 0 Å². The van der Waals surface area contributed by atoms with E-state index in [1.807, 2.05) is 24.4 Å². The summed E-state index contributed by atoms with van der Waals surface area (Å²) < 4.78 is 0. The molecular weight excluding hydrogens is 324 g/mol. The average Bonchev–Trinajstić information content (AvgIpc) is 3.02. The predicted octanol–water partition coefficient (Wildman–Crippen LogP) is 1.12. The summed E-state index contributed by atoms with van der Waals surface area (Å²) in [4.78, 5) is 23.7. The molecule has 0 radical (unpaired) electrons. The Morgan fingerprint density at radius 3 is 2.96 bits per heavy atom. The van der Waals surface area contributed by atoms with Crippen LogP contribution >= 0.6 is 11.3 Å². The fraction of sp³-hybridized carbons (Fsp3) is 0.765. The summed E-state index contributed by atoms with van der Waals surface area (Å²) in [5, 5.41) is 12.8. The van der Waals surface area contributed by atoms with Crippen molar-refractivity contribution in [2.24, 2.45) is 5.41 Å². The minimum absolute atomic E-state index is 0.0294. The van der Waals surface area contributed by atoms with Crippen LogP contribution in [0.25, 0.3) is 0 Å². The zero-order valence-corrected chi connectivity index (χ0v) is 15.7. The zero-order valence-electron chi connectivity index (χ0n) is 14.9. The molecule has 1 aromatic heterocycles. The number of likely N-dealkylation sites (N-methyl/N-ethyl adjacent to an activating group) is 1. The third-order valence-corrected chi connectivity index (χ3v) is 6.36. The number of hydrogen-bond donors (Lipinski definition) is 1. The van der Waals surface area contributed by atoms with Crippen LogP contribution < -0.4 is 0 Å². The quantitative estimate of drug-likeness (QED) is 0.880. The largest absolute Gasteiger partial charge is 0.396 e. The van der Waals surface area contributed by atoms with Crippen molar-refractivity contribution in [3.8, 4) is 0 Å². The van der Waals surface area contributed by atoms with Gasteiger partial charge in [0.1, 0.15) is 10.7 Å². The highest BCUT2D eigenvalue weighted by Crippen LogP contribution is 2.41. The number of fused-ring (bicyclic) bond motifs is 1. The molecule has 6 nitrogen and oxygen atoms in total. The first-order valence-corrected chi connectivity index (χ1v) is 9.53. The SMILES string of the molecule is CN(C)Cc1nc(C(=O)N2CC[C@@]3(CO)CCCN(C)[C@@H]3C2)cs1. The minimum Gasteiger partial charge on any atom is -0.396 e. The van der Waals surface area contributed by atoms with Crippen LogP contribution in [0.15, 0.2) is 5.38 Å². The number of nitrogens with zero attached hydrogens (tertiary/aromatic N) is 4. The number of rotatable bonds is 4. The van der Waals surface area contributed by atoms with Gasteiger partial charge in [-0.3, -0.25) is 4.79 Å². The molecule has 7 heteroatoms. The third kappa shape index (κ3) is 3.35. The maximum atomic E-state index is 12.8. The molecule has 0 bridgehead atoms. The van der Waals surface area contributed by atoms with E-state index >= 15 is 0 Å². The van der Waals surface area contributed by atoms with Crippen molar-refractivity contribution in [2.45, 2.75) is 31.8 Å². The second-order valence-corrected chi connectivity index (χ2v) is 8.43. The highest BCUT2D eigenvalue weighted by Gasteiger charge is 2.47. The Hall–Kier alpha value is -1.02. The van der Waals surface area contributed by atoms with Gasteiger partial charge >= 0.3 is 0 Å². The van der Waals surface area contributed by atoms with Crippen LogP contribution in [0.1, 0.15) is 34.8 Å². The van der Waals surface area contributed by atoms with Gasteiger partial charge in [0.15, 0.2) is 0 Å². The highest BCUT2D eigenvalue weighted by molar-refractivity contribution is 7.09. The standard InChI is InChI=1S/C17H28N4O2S/c1-19(2)10-15-18-13(11-24-15)16(23)21-8-6-17(12-22)5-4-7-20(3)14(17)9-21/h11,14,22H,4-10,12H2,1-3H3/t14-,17-/m1/s1. The molecule has 0 spiro atoms. The van der Waals surface area contributed by atoms with Crippen molar-refractivity contribution in [1.82, 2.24) is 19.7 Å². The smallest absolute Gasteiger partial charge is 0.273 e. The second-order valence-electron chi connectivity index (χ2n) is 7.49. The van der Waals surface area contributed by atoms with Crippen molar-refractivity contribution in [2.75, 3.05) is 47.4 Å². The summed E-state index contributed by atoms with van der Waals surface area (Å²) in [6.45, 7) is 3.42. The van der Waals surface area contributed by atoms with Gasteiger partial charge in [0, 0.05) is 36.5 Å². The van der Waals surface area contributed by atoms with E-state index in [1.165, 1.54) is 0 Å². The van der Waals surface area contributed by atoms with E-state index in [0.29, 0.717) is 18.8 Å². The fourth-order valence-corrected chi connectivity index (χ4v) is 5.00. The molecule has 134 valence electrons. The number of amides is 1. The summed E-state index contributed by atoms with van der Waals surface area (Å²) in [5.41, 5.74) is 0.522. The van der Waals surface area contributed by atoms with Gasteiger partial charge in [-0.25, -0.2) is 4.98 Å². The van der Waals surface area contributed by atoms with Crippen LogP contribution in [0.4, 0.5) is 0 Å². The number of carbonyl (C=O) groups excluding carboxylic acids is 1. The van der Waals surface area contributed by atoms with Crippen LogP contribution in [0.3, 0.4) is 0 Å². The van der Waals surface area contributed by atoms with Crippen LogP contribution in [0.2, 0.25) is 0 Å². The molecular formula is C17H28N4O2S. The molecule has 0 aromatic carbocycles. The summed E-state index contributed by atoms with van der Waals surface area (Å²) >= 11 is 1.55. The Bertz CT molecular complexity index is 591. The molecule has 1 amide bonds. The molecule has 2 aliphatic rings. The third-order valence-electron chi connectivity index (χ3n) is 5.52. The molecule has 2 atom stereocenters. The molecule has 2 fully saturated rings.